The first kappa shape index (κ1) is 15.5. The lowest BCUT2D eigenvalue weighted by atomic mass is 9.92. The summed E-state index contributed by atoms with van der Waals surface area (Å²) in [7, 11) is -3.23. The Balaban J connectivity index is 1.84. The van der Waals surface area contributed by atoms with E-state index in [1.54, 1.807) is 0 Å². The van der Waals surface area contributed by atoms with Crippen molar-refractivity contribution in [1.82, 2.24) is 10.0 Å². The summed E-state index contributed by atoms with van der Waals surface area (Å²) in [6.45, 7) is 3.09. The van der Waals surface area contributed by atoms with Crippen molar-refractivity contribution in [3.8, 4) is 0 Å². The molecular formula is C15H24N2O2S. The van der Waals surface area contributed by atoms with Gasteiger partial charge in [-0.1, -0.05) is 37.3 Å². The SMILES string of the molecule is CCNC1CCC(NS(=O)(=O)Cc2ccccc2)CC1. The van der Waals surface area contributed by atoms with Gasteiger partial charge in [0.15, 0.2) is 0 Å². The molecule has 20 heavy (non-hydrogen) atoms. The van der Waals surface area contributed by atoms with E-state index in [2.05, 4.69) is 17.0 Å². The Labute approximate surface area is 122 Å². The molecule has 0 unspecified atom stereocenters. The summed E-state index contributed by atoms with van der Waals surface area (Å²) < 4.78 is 27.1. The smallest absolute Gasteiger partial charge is 0.216 e. The summed E-state index contributed by atoms with van der Waals surface area (Å²) >= 11 is 0. The number of hydrogen-bond donors (Lipinski definition) is 2. The predicted molar refractivity (Wildman–Crippen MR) is 81.9 cm³/mol. The minimum absolute atomic E-state index is 0.0704. The molecule has 0 aliphatic heterocycles. The van der Waals surface area contributed by atoms with Gasteiger partial charge in [0.05, 0.1) is 5.75 Å². The van der Waals surface area contributed by atoms with Crippen molar-refractivity contribution in [3.05, 3.63) is 35.9 Å². The van der Waals surface area contributed by atoms with Crippen molar-refractivity contribution in [3.63, 3.8) is 0 Å². The van der Waals surface area contributed by atoms with Gasteiger partial charge in [0.1, 0.15) is 0 Å². The Kier molecular flexibility index (Phi) is 5.57. The van der Waals surface area contributed by atoms with E-state index < -0.39 is 10.0 Å². The summed E-state index contributed by atoms with van der Waals surface area (Å²) in [5.41, 5.74) is 0.835. The fourth-order valence-electron chi connectivity index (χ4n) is 2.79. The third-order valence-corrected chi connectivity index (χ3v) is 5.17. The standard InChI is InChI=1S/C15H24N2O2S/c1-2-16-14-8-10-15(11-9-14)17-20(18,19)12-13-6-4-3-5-7-13/h3-7,14-17H,2,8-12H2,1H3. The Morgan fingerprint density at radius 3 is 2.25 bits per heavy atom. The maximum absolute atomic E-state index is 12.1. The van der Waals surface area contributed by atoms with E-state index >= 15 is 0 Å². The predicted octanol–water partition coefficient (Wildman–Crippen LogP) is 2.03. The van der Waals surface area contributed by atoms with Crippen LogP contribution in [0.5, 0.6) is 0 Å². The second-order valence-corrected chi connectivity index (χ2v) is 7.22. The van der Waals surface area contributed by atoms with E-state index in [1.807, 2.05) is 30.3 Å². The first-order chi connectivity index (χ1) is 9.59. The Morgan fingerprint density at radius 1 is 1.05 bits per heavy atom. The summed E-state index contributed by atoms with van der Waals surface area (Å²) in [5, 5.41) is 3.43. The van der Waals surface area contributed by atoms with Crippen LogP contribution in [0.1, 0.15) is 38.2 Å². The van der Waals surface area contributed by atoms with E-state index in [9.17, 15) is 8.42 Å². The van der Waals surface area contributed by atoms with E-state index in [0.29, 0.717) is 6.04 Å². The molecule has 1 aromatic rings. The van der Waals surface area contributed by atoms with Crippen LogP contribution in [0.15, 0.2) is 30.3 Å². The molecule has 5 heteroatoms. The van der Waals surface area contributed by atoms with Crippen LogP contribution < -0.4 is 10.0 Å². The zero-order valence-corrected chi connectivity index (χ0v) is 12.8. The highest BCUT2D eigenvalue weighted by molar-refractivity contribution is 7.88. The van der Waals surface area contributed by atoms with E-state index in [1.165, 1.54) is 0 Å². The monoisotopic (exact) mass is 296 g/mol. The van der Waals surface area contributed by atoms with Gasteiger partial charge in [-0.2, -0.15) is 0 Å². The van der Waals surface area contributed by atoms with Gasteiger partial charge in [0, 0.05) is 12.1 Å². The highest BCUT2D eigenvalue weighted by Gasteiger charge is 2.24. The van der Waals surface area contributed by atoms with Gasteiger partial charge < -0.3 is 5.32 Å². The molecule has 0 spiro atoms. The zero-order chi connectivity index (χ0) is 14.4. The lowest BCUT2D eigenvalue weighted by molar-refractivity contribution is 0.333. The number of sulfonamides is 1. The molecular weight excluding hydrogens is 272 g/mol. The molecule has 0 amide bonds. The van der Waals surface area contributed by atoms with Crippen LogP contribution in [0.2, 0.25) is 0 Å². The third kappa shape index (κ3) is 4.89. The number of benzene rings is 1. The molecule has 0 saturated heterocycles. The molecule has 1 saturated carbocycles. The van der Waals surface area contributed by atoms with Crippen LogP contribution in [0.3, 0.4) is 0 Å². The largest absolute Gasteiger partial charge is 0.314 e. The molecule has 0 heterocycles. The topological polar surface area (TPSA) is 58.2 Å². The zero-order valence-electron chi connectivity index (χ0n) is 12.0. The van der Waals surface area contributed by atoms with Crippen LogP contribution in [-0.2, 0) is 15.8 Å². The van der Waals surface area contributed by atoms with Gasteiger partial charge in [0.25, 0.3) is 0 Å². The molecule has 1 aromatic carbocycles. The minimum atomic E-state index is -3.23. The quantitative estimate of drug-likeness (QED) is 0.844. The van der Waals surface area contributed by atoms with Gasteiger partial charge in [0.2, 0.25) is 10.0 Å². The van der Waals surface area contributed by atoms with Gasteiger partial charge in [-0.05, 0) is 37.8 Å². The van der Waals surface area contributed by atoms with Gasteiger partial charge >= 0.3 is 0 Å². The summed E-state index contributed by atoms with van der Waals surface area (Å²) in [5.74, 6) is 0.0704. The molecule has 2 N–H and O–H groups in total. The van der Waals surface area contributed by atoms with Gasteiger partial charge in [-0.3, -0.25) is 0 Å². The minimum Gasteiger partial charge on any atom is -0.314 e. The maximum Gasteiger partial charge on any atom is 0.216 e. The maximum atomic E-state index is 12.1. The highest BCUT2D eigenvalue weighted by atomic mass is 32.2. The van der Waals surface area contributed by atoms with Crippen molar-refractivity contribution in [1.29, 1.82) is 0 Å². The van der Waals surface area contributed by atoms with Crippen molar-refractivity contribution >= 4 is 10.0 Å². The van der Waals surface area contributed by atoms with Crippen molar-refractivity contribution in [2.75, 3.05) is 6.54 Å². The van der Waals surface area contributed by atoms with Gasteiger partial charge in [-0.15, -0.1) is 0 Å². The number of hydrogen-bond acceptors (Lipinski definition) is 3. The Bertz CT molecular complexity index is 494. The highest BCUT2D eigenvalue weighted by Crippen LogP contribution is 2.19. The molecule has 4 nitrogen and oxygen atoms in total. The van der Waals surface area contributed by atoms with Crippen LogP contribution in [0.4, 0.5) is 0 Å². The molecule has 112 valence electrons. The normalized spacial score (nSPS) is 23.6. The fraction of sp³-hybridized carbons (Fsp3) is 0.600. The second-order valence-electron chi connectivity index (χ2n) is 5.47. The van der Waals surface area contributed by atoms with Crippen LogP contribution in [0, 0.1) is 0 Å². The third-order valence-electron chi connectivity index (χ3n) is 3.77. The average Bonchev–Trinajstić information content (AvgIpc) is 2.41. The Morgan fingerprint density at radius 2 is 1.65 bits per heavy atom. The first-order valence-corrected chi connectivity index (χ1v) is 9.01. The van der Waals surface area contributed by atoms with Crippen molar-refractivity contribution < 1.29 is 8.42 Å². The fourth-order valence-corrected chi connectivity index (χ4v) is 4.25. The Hall–Kier alpha value is -0.910. The number of rotatable bonds is 6. The summed E-state index contributed by atoms with van der Waals surface area (Å²) in [6, 6.07) is 9.97. The molecule has 1 aliphatic carbocycles. The molecule has 0 aromatic heterocycles. The lowest BCUT2D eigenvalue weighted by Gasteiger charge is -2.29. The van der Waals surface area contributed by atoms with E-state index in [-0.39, 0.29) is 11.8 Å². The molecule has 1 fully saturated rings. The lowest BCUT2D eigenvalue weighted by Crippen LogP contribution is -2.42. The molecule has 0 radical (unpaired) electrons. The molecule has 0 bridgehead atoms. The second kappa shape index (κ2) is 7.20. The number of nitrogens with one attached hydrogen (secondary N) is 2. The average molecular weight is 296 g/mol. The molecule has 2 rings (SSSR count). The van der Waals surface area contributed by atoms with E-state index in [0.717, 1.165) is 37.8 Å². The molecule has 1 aliphatic rings. The molecule has 0 atom stereocenters. The summed E-state index contributed by atoms with van der Waals surface area (Å²) in [6.07, 6.45) is 3.94. The van der Waals surface area contributed by atoms with Crippen LogP contribution in [0.25, 0.3) is 0 Å². The van der Waals surface area contributed by atoms with E-state index in [4.69, 9.17) is 0 Å². The van der Waals surface area contributed by atoms with Crippen molar-refractivity contribution in [2.45, 2.75) is 50.4 Å². The van der Waals surface area contributed by atoms with Crippen LogP contribution in [-0.4, -0.2) is 27.0 Å². The summed E-state index contributed by atoms with van der Waals surface area (Å²) in [4.78, 5) is 0. The first-order valence-electron chi connectivity index (χ1n) is 7.36. The van der Waals surface area contributed by atoms with Gasteiger partial charge in [-0.25, -0.2) is 13.1 Å². The van der Waals surface area contributed by atoms with Crippen molar-refractivity contribution in [2.24, 2.45) is 0 Å². The van der Waals surface area contributed by atoms with Crippen LogP contribution >= 0.6 is 0 Å².